The van der Waals surface area contributed by atoms with E-state index in [-0.39, 0.29) is 30.4 Å². The zero-order valence-corrected chi connectivity index (χ0v) is 15.3. The summed E-state index contributed by atoms with van der Waals surface area (Å²) in [6, 6.07) is 4.26. The van der Waals surface area contributed by atoms with E-state index < -0.39 is 0 Å². The molecule has 1 aliphatic heterocycles. The summed E-state index contributed by atoms with van der Waals surface area (Å²) in [5, 5.41) is 4.88. The molecule has 1 amide bonds. The molecule has 1 saturated heterocycles. The van der Waals surface area contributed by atoms with Crippen LogP contribution < -0.4 is 5.32 Å². The van der Waals surface area contributed by atoms with Crippen LogP contribution in [0.1, 0.15) is 29.0 Å². The molecule has 8 heteroatoms. The van der Waals surface area contributed by atoms with E-state index >= 15 is 0 Å². The fourth-order valence-electron chi connectivity index (χ4n) is 2.98. The Bertz CT molecular complexity index is 708. The Labute approximate surface area is 154 Å². The average molecular weight is 384 g/mol. The SMILES string of the molecule is CC1CN(C(CNC(=O)c2cscn2)c2c(F)cccc2Cl)CCO1. The molecule has 1 N–H and O–H groups in total. The van der Waals surface area contributed by atoms with Crippen molar-refractivity contribution in [3.05, 3.63) is 51.2 Å². The summed E-state index contributed by atoms with van der Waals surface area (Å²) in [5.41, 5.74) is 2.36. The van der Waals surface area contributed by atoms with Gasteiger partial charge in [-0.25, -0.2) is 9.37 Å². The number of nitrogens with zero attached hydrogens (tertiary/aromatic N) is 2. The van der Waals surface area contributed by atoms with Crippen molar-refractivity contribution in [2.75, 3.05) is 26.2 Å². The van der Waals surface area contributed by atoms with Gasteiger partial charge in [-0.05, 0) is 19.1 Å². The lowest BCUT2D eigenvalue weighted by atomic mass is 10.0. The monoisotopic (exact) mass is 383 g/mol. The van der Waals surface area contributed by atoms with E-state index in [2.05, 4.69) is 15.2 Å². The van der Waals surface area contributed by atoms with Crippen molar-refractivity contribution < 1.29 is 13.9 Å². The quantitative estimate of drug-likeness (QED) is 0.861. The zero-order chi connectivity index (χ0) is 17.8. The Morgan fingerprint density at radius 3 is 3.12 bits per heavy atom. The number of benzene rings is 1. The second kappa shape index (κ2) is 8.23. The summed E-state index contributed by atoms with van der Waals surface area (Å²) in [6.45, 7) is 4.06. The first-order valence-electron chi connectivity index (χ1n) is 8.02. The average Bonchev–Trinajstić information content (AvgIpc) is 3.12. The minimum atomic E-state index is -0.375. The normalized spacial score (nSPS) is 19.6. The van der Waals surface area contributed by atoms with Gasteiger partial charge in [-0.2, -0.15) is 0 Å². The predicted molar refractivity (Wildman–Crippen MR) is 95.6 cm³/mol. The number of carbonyl (C=O) groups is 1. The van der Waals surface area contributed by atoms with E-state index in [1.165, 1.54) is 17.4 Å². The second-order valence-electron chi connectivity index (χ2n) is 5.91. The molecule has 0 spiro atoms. The molecule has 25 heavy (non-hydrogen) atoms. The highest BCUT2D eigenvalue weighted by atomic mass is 35.5. The van der Waals surface area contributed by atoms with Crippen LogP contribution in [0.2, 0.25) is 5.02 Å². The van der Waals surface area contributed by atoms with Gasteiger partial charge in [0, 0.05) is 35.6 Å². The lowest BCUT2D eigenvalue weighted by Gasteiger charge is -2.38. The number of hydrogen-bond acceptors (Lipinski definition) is 5. The highest BCUT2D eigenvalue weighted by Crippen LogP contribution is 2.31. The van der Waals surface area contributed by atoms with Crippen LogP contribution in [0, 0.1) is 5.82 Å². The summed E-state index contributed by atoms with van der Waals surface area (Å²) in [4.78, 5) is 18.3. The van der Waals surface area contributed by atoms with Gasteiger partial charge in [-0.15, -0.1) is 11.3 Å². The van der Waals surface area contributed by atoms with Gasteiger partial charge in [-0.3, -0.25) is 9.69 Å². The molecular formula is C17H19ClFN3O2S. The molecule has 1 aliphatic rings. The van der Waals surface area contributed by atoms with Gasteiger partial charge in [0.1, 0.15) is 11.5 Å². The summed E-state index contributed by atoms with van der Waals surface area (Å²) in [6.07, 6.45) is 0.0380. The maximum absolute atomic E-state index is 14.5. The maximum Gasteiger partial charge on any atom is 0.270 e. The third-order valence-electron chi connectivity index (χ3n) is 4.17. The standard InChI is InChI=1S/C17H19ClFN3O2S/c1-11-8-22(5-6-24-11)15(16-12(18)3-2-4-13(16)19)7-20-17(23)14-9-25-10-21-14/h2-4,9-11,15H,5-8H2,1H3,(H,20,23). The second-order valence-corrected chi connectivity index (χ2v) is 7.04. The molecule has 134 valence electrons. The highest BCUT2D eigenvalue weighted by Gasteiger charge is 2.29. The molecule has 3 rings (SSSR count). The Hall–Kier alpha value is -1.54. The van der Waals surface area contributed by atoms with Gasteiger partial charge in [-0.1, -0.05) is 17.7 Å². The Morgan fingerprint density at radius 1 is 1.60 bits per heavy atom. The van der Waals surface area contributed by atoms with Crippen molar-refractivity contribution >= 4 is 28.8 Å². The predicted octanol–water partition coefficient (Wildman–Crippen LogP) is 3.13. The maximum atomic E-state index is 14.5. The molecule has 0 saturated carbocycles. The first-order valence-corrected chi connectivity index (χ1v) is 9.34. The van der Waals surface area contributed by atoms with E-state index in [0.29, 0.717) is 36.0 Å². The molecule has 1 fully saturated rings. The number of rotatable bonds is 5. The van der Waals surface area contributed by atoms with Crippen LogP contribution in [0.15, 0.2) is 29.1 Å². The molecule has 0 radical (unpaired) electrons. The Balaban J connectivity index is 1.82. The van der Waals surface area contributed by atoms with Crippen LogP contribution in [-0.4, -0.2) is 48.1 Å². The van der Waals surface area contributed by atoms with Gasteiger partial charge in [0.15, 0.2) is 0 Å². The van der Waals surface area contributed by atoms with E-state index in [1.807, 2.05) is 6.92 Å². The number of thiazole rings is 1. The molecule has 5 nitrogen and oxygen atoms in total. The van der Waals surface area contributed by atoms with Crippen molar-refractivity contribution in [1.29, 1.82) is 0 Å². The molecule has 2 heterocycles. The fraction of sp³-hybridized carbons (Fsp3) is 0.412. The summed E-state index contributed by atoms with van der Waals surface area (Å²) in [5.74, 6) is -0.653. The number of amides is 1. The van der Waals surface area contributed by atoms with Crippen molar-refractivity contribution in [1.82, 2.24) is 15.2 Å². The fourth-order valence-corrected chi connectivity index (χ4v) is 3.80. The lowest BCUT2D eigenvalue weighted by Crippen LogP contribution is -2.47. The van der Waals surface area contributed by atoms with Crippen molar-refractivity contribution in [2.45, 2.75) is 19.1 Å². The van der Waals surface area contributed by atoms with Crippen LogP contribution in [0.4, 0.5) is 4.39 Å². The van der Waals surface area contributed by atoms with E-state index in [4.69, 9.17) is 16.3 Å². The molecule has 0 aliphatic carbocycles. The molecule has 0 bridgehead atoms. The largest absolute Gasteiger partial charge is 0.376 e. The van der Waals surface area contributed by atoms with Crippen LogP contribution in [-0.2, 0) is 4.74 Å². The molecule has 1 aromatic carbocycles. The molecule has 2 atom stereocenters. The number of nitrogens with one attached hydrogen (secondary N) is 1. The van der Waals surface area contributed by atoms with Gasteiger partial charge in [0.2, 0.25) is 0 Å². The van der Waals surface area contributed by atoms with E-state index in [0.717, 1.165) is 0 Å². The molecular weight excluding hydrogens is 365 g/mol. The number of halogens is 2. The summed E-state index contributed by atoms with van der Waals surface area (Å²) in [7, 11) is 0. The first-order chi connectivity index (χ1) is 12.1. The van der Waals surface area contributed by atoms with E-state index in [9.17, 15) is 9.18 Å². The topological polar surface area (TPSA) is 54.5 Å². The lowest BCUT2D eigenvalue weighted by molar-refractivity contribution is -0.0346. The number of morpholine rings is 1. The third kappa shape index (κ3) is 4.36. The number of carbonyl (C=O) groups excluding carboxylic acids is 1. The van der Waals surface area contributed by atoms with Crippen LogP contribution in [0.5, 0.6) is 0 Å². The summed E-state index contributed by atoms with van der Waals surface area (Å²) < 4.78 is 20.1. The van der Waals surface area contributed by atoms with Crippen LogP contribution >= 0.6 is 22.9 Å². The molecule has 1 aromatic heterocycles. The first kappa shape index (κ1) is 18.3. The van der Waals surface area contributed by atoms with Gasteiger partial charge in [0.05, 0.1) is 24.3 Å². The Kier molecular flexibility index (Phi) is 6.01. The molecule has 2 aromatic rings. The van der Waals surface area contributed by atoms with Gasteiger partial charge in [0.25, 0.3) is 5.91 Å². The molecule has 2 unspecified atom stereocenters. The number of hydrogen-bond donors (Lipinski definition) is 1. The van der Waals surface area contributed by atoms with Crippen molar-refractivity contribution in [3.63, 3.8) is 0 Å². The minimum Gasteiger partial charge on any atom is -0.376 e. The number of ether oxygens (including phenoxy) is 1. The minimum absolute atomic E-state index is 0.0380. The number of aromatic nitrogens is 1. The van der Waals surface area contributed by atoms with E-state index in [1.54, 1.807) is 23.0 Å². The van der Waals surface area contributed by atoms with Gasteiger partial charge < -0.3 is 10.1 Å². The highest BCUT2D eigenvalue weighted by molar-refractivity contribution is 7.07. The van der Waals surface area contributed by atoms with Crippen LogP contribution in [0.3, 0.4) is 0 Å². The zero-order valence-electron chi connectivity index (χ0n) is 13.7. The Morgan fingerprint density at radius 2 is 2.44 bits per heavy atom. The third-order valence-corrected chi connectivity index (χ3v) is 5.08. The van der Waals surface area contributed by atoms with Crippen molar-refractivity contribution in [2.24, 2.45) is 0 Å². The summed E-state index contributed by atoms with van der Waals surface area (Å²) >= 11 is 7.63. The van der Waals surface area contributed by atoms with Crippen LogP contribution in [0.25, 0.3) is 0 Å². The van der Waals surface area contributed by atoms with Gasteiger partial charge >= 0.3 is 0 Å². The van der Waals surface area contributed by atoms with Crippen molar-refractivity contribution in [3.8, 4) is 0 Å². The smallest absolute Gasteiger partial charge is 0.270 e.